The molecule has 2 atom stereocenters. The molecule has 1 aromatic rings. The molecule has 1 aromatic carbocycles. The topological polar surface area (TPSA) is 95.3 Å². The van der Waals surface area contributed by atoms with E-state index in [0.29, 0.717) is 5.56 Å². The van der Waals surface area contributed by atoms with Gasteiger partial charge < -0.3 is 9.84 Å². The Morgan fingerprint density at radius 3 is 2.42 bits per heavy atom. The number of aliphatic hydroxyl groups is 1. The first kappa shape index (κ1) is 15.0. The molecule has 1 N–H and O–H groups in total. The molecule has 0 unspecified atom stereocenters. The fourth-order valence-corrected chi connectivity index (χ4v) is 1.49. The Balaban J connectivity index is 2.95. The second-order valence-corrected chi connectivity index (χ2v) is 5.04. The molecule has 0 fully saturated rings. The van der Waals surface area contributed by atoms with E-state index in [0.717, 1.165) is 0 Å². The van der Waals surface area contributed by atoms with Crippen molar-refractivity contribution in [2.24, 2.45) is 5.11 Å². The van der Waals surface area contributed by atoms with E-state index in [2.05, 4.69) is 10.0 Å². The second kappa shape index (κ2) is 6.22. The lowest BCUT2D eigenvalue weighted by atomic mass is 10.0. The second-order valence-electron chi connectivity index (χ2n) is 5.04. The Labute approximate surface area is 111 Å². The molecule has 0 amide bonds. The number of azide groups is 1. The van der Waals surface area contributed by atoms with E-state index in [4.69, 9.17) is 10.3 Å². The number of ether oxygens (including phenoxy) is 1. The maximum Gasteiger partial charge on any atom is 0.318 e. The monoisotopic (exact) mass is 263 g/mol. The fourth-order valence-electron chi connectivity index (χ4n) is 1.49. The van der Waals surface area contributed by atoms with Crippen molar-refractivity contribution in [2.75, 3.05) is 0 Å². The van der Waals surface area contributed by atoms with Crippen LogP contribution in [0.25, 0.3) is 10.4 Å². The number of rotatable bonds is 4. The average molecular weight is 263 g/mol. The zero-order chi connectivity index (χ0) is 14.5. The van der Waals surface area contributed by atoms with Crippen LogP contribution in [0.2, 0.25) is 0 Å². The molecule has 0 radical (unpaired) electrons. The Morgan fingerprint density at radius 1 is 1.37 bits per heavy atom. The molecule has 1 rings (SSSR count). The van der Waals surface area contributed by atoms with E-state index in [1.54, 1.807) is 51.1 Å². The van der Waals surface area contributed by atoms with Crippen LogP contribution in [0.15, 0.2) is 35.4 Å². The predicted molar refractivity (Wildman–Crippen MR) is 70.2 cm³/mol. The van der Waals surface area contributed by atoms with Crippen molar-refractivity contribution in [3.8, 4) is 0 Å². The van der Waals surface area contributed by atoms with E-state index in [1.807, 2.05) is 0 Å². The zero-order valence-corrected chi connectivity index (χ0v) is 11.1. The number of benzene rings is 1. The molecule has 6 heteroatoms. The molecule has 0 saturated carbocycles. The van der Waals surface area contributed by atoms with Gasteiger partial charge in [-0.15, -0.1) is 0 Å². The normalized spacial score (nSPS) is 14.1. The number of hydrogen-bond donors (Lipinski definition) is 1. The first-order valence-corrected chi connectivity index (χ1v) is 5.85. The van der Waals surface area contributed by atoms with Crippen LogP contribution < -0.4 is 0 Å². The van der Waals surface area contributed by atoms with Gasteiger partial charge in [-0.2, -0.15) is 0 Å². The van der Waals surface area contributed by atoms with Crippen molar-refractivity contribution in [2.45, 2.75) is 38.5 Å². The van der Waals surface area contributed by atoms with E-state index in [1.165, 1.54) is 0 Å². The summed E-state index contributed by atoms with van der Waals surface area (Å²) in [6, 6.07) is 7.23. The molecule has 0 aliphatic heterocycles. The Kier molecular flexibility index (Phi) is 4.92. The fraction of sp³-hybridized carbons (Fsp3) is 0.462. The summed E-state index contributed by atoms with van der Waals surface area (Å²) in [5, 5.41) is 13.5. The van der Waals surface area contributed by atoms with Gasteiger partial charge >= 0.3 is 5.97 Å². The lowest BCUT2D eigenvalue weighted by Gasteiger charge is -2.24. The number of hydrogen-bond acceptors (Lipinski definition) is 4. The Bertz CT molecular complexity index is 476. The number of aliphatic hydroxyl groups excluding tert-OH is 1. The van der Waals surface area contributed by atoms with Crippen molar-refractivity contribution in [1.29, 1.82) is 0 Å². The van der Waals surface area contributed by atoms with E-state index < -0.39 is 23.7 Å². The molecule has 0 aliphatic rings. The van der Waals surface area contributed by atoms with Crippen LogP contribution in [0.1, 0.15) is 32.4 Å². The quantitative estimate of drug-likeness (QED) is 0.391. The Morgan fingerprint density at radius 2 is 1.95 bits per heavy atom. The van der Waals surface area contributed by atoms with E-state index in [9.17, 15) is 9.90 Å². The van der Waals surface area contributed by atoms with Crippen molar-refractivity contribution in [1.82, 2.24) is 0 Å². The van der Waals surface area contributed by atoms with Crippen LogP contribution in [0.3, 0.4) is 0 Å². The first-order valence-electron chi connectivity index (χ1n) is 5.85. The minimum atomic E-state index is -1.30. The van der Waals surface area contributed by atoms with Gasteiger partial charge in [0.15, 0.2) is 6.04 Å². The number of esters is 1. The summed E-state index contributed by atoms with van der Waals surface area (Å²) < 4.78 is 5.13. The summed E-state index contributed by atoms with van der Waals surface area (Å²) in [5.74, 6) is -0.748. The number of carbonyl (C=O) groups excluding carboxylic acids is 1. The molecule has 6 nitrogen and oxygen atoms in total. The third kappa shape index (κ3) is 4.62. The standard InChI is InChI=1S/C13H17N3O3/c1-13(2,3)19-12(18)10(15-16-14)11(17)9-7-5-4-6-8-9/h4-8,10-11,17H,1-3H3/t10-,11-/m0/s1. The largest absolute Gasteiger partial charge is 0.460 e. The van der Waals surface area contributed by atoms with Crippen LogP contribution in [0, 0.1) is 0 Å². The van der Waals surface area contributed by atoms with Crippen molar-refractivity contribution in [3.63, 3.8) is 0 Å². The van der Waals surface area contributed by atoms with Crippen molar-refractivity contribution >= 4 is 5.97 Å². The lowest BCUT2D eigenvalue weighted by molar-refractivity contribution is -0.159. The molecule has 19 heavy (non-hydrogen) atoms. The molecule has 0 heterocycles. The van der Waals surface area contributed by atoms with Gasteiger partial charge in [0.05, 0.1) is 6.10 Å². The average Bonchev–Trinajstić information content (AvgIpc) is 2.34. The van der Waals surface area contributed by atoms with Crippen molar-refractivity contribution < 1.29 is 14.6 Å². The van der Waals surface area contributed by atoms with Gasteiger partial charge in [0.2, 0.25) is 0 Å². The van der Waals surface area contributed by atoms with E-state index in [-0.39, 0.29) is 0 Å². The summed E-state index contributed by atoms with van der Waals surface area (Å²) in [6.07, 6.45) is -1.23. The highest BCUT2D eigenvalue weighted by Crippen LogP contribution is 2.22. The molecule has 0 spiro atoms. The highest BCUT2D eigenvalue weighted by Gasteiger charge is 2.31. The van der Waals surface area contributed by atoms with Gasteiger partial charge in [0.1, 0.15) is 5.60 Å². The first-order chi connectivity index (χ1) is 8.85. The van der Waals surface area contributed by atoms with Crippen LogP contribution in [-0.4, -0.2) is 22.7 Å². The summed E-state index contributed by atoms with van der Waals surface area (Å²) in [4.78, 5) is 14.5. The van der Waals surface area contributed by atoms with Gasteiger partial charge in [-0.1, -0.05) is 35.4 Å². The van der Waals surface area contributed by atoms with Crippen LogP contribution >= 0.6 is 0 Å². The maximum absolute atomic E-state index is 11.9. The highest BCUT2D eigenvalue weighted by atomic mass is 16.6. The summed E-state index contributed by atoms with van der Waals surface area (Å²) >= 11 is 0. The molecule has 0 saturated heterocycles. The summed E-state index contributed by atoms with van der Waals surface area (Å²) in [6.45, 7) is 5.10. The van der Waals surface area contributed by atoms with Crippen molar-refractivity contribution in [3.05, 3.63) is 46.3 Å². The van der Waals surface area contributed by atoms with Gasteiger partial charge in [0.25, 0.3) is 0 Å². The van der Waals surface area contributed by atoms with Gasteiger partial charge in [-0.3, -0.25) is 4.79 Å². The van der Waals surface area contributed by atoms with E-state index >= 15 is 0 Å². The Hall–Kier alpha value is -2.04. The number of nitrogens with zero attached hydrogens (tertiary/aromatic N) is 3. The maximum atomic E-state index is 11.9. The van der Waals surface area contributed by atoms with Gasteiger partial charge in [-0.25, -0.2) is 0 Å². The van der Waals surface area contributed by atoms with Gasteiger partial charge in [0, 0.05) is 4.91 Å². The van der Waals surface area contributed by atoms with Crippen LogP contribution in [0.5, 0.6) is 0 Å². The lowest BCUT2D eigenvalue weighted by Crippen LogP contribution is -2.34. The molecular formula is C13H17N3O3. The SMILES string of the molecule is CC(C)(C)OC(=O)[C@@H](N=[N+]=[N-])[C@@H](O)c1ccccc1. The summed E-state index contributed by atoms with van der Waals surface area (Å²) in [7, 11) is 0. The molecular weight excluding hydrogens is 246 g/mol. The number of carbonyl (C=O) groups is 1. The molecule has 0 aromatic heterocycles. The van der Waals surface area contributed by atoms with Gasteiger partial charge in [-0.05, 0) is 31.9 Å². The zero-order valence-electron chi connectivity index (χ0n) is 11.1. The van der Waals surface area contributed by atoms with Crippen LogP contribution in [-0.2, 0) is 9.53 Å². The predicted octanol–water partition coefficient (Wildman–Crippen LogP) is 2.74. The molecule has 0 aliphatic carbocycles. The highest BCUT2D eigenvalue weighted by molar-refractivity contribution is 5.77. The smallest absolute Gasteiger partial charge is 0.318 e. The molecule has 0 bridgehead atoms. The minimum absolute atomic E-state index is 0.491. The van der Waals surface area contributed by atoms with Crippen LogP contribution in [0.4, 0.5) is 0 Å². The minimum Gasteiger partial charge on any atom is -0.460 e. The third-order valence-electron chi connectivity index (χ3n) is 2.26. The molecule has 102 valence electrons. The third-order valence-corrected chi connectivity index (χ3v) is 2.26. The summed E-state index contributed by atoms with van der Waals surface area (Å²) in [5.41, 5.74) is 8.30.